The molecule has 4 aromatic heterocycles. The van der Waals surface area contributed by atoms with Crippen molar-refractivity contribution in [3.05, 3.63) is 52.6 Å². The minimum atomic E-state index is -0.320. The van der Waals surface area contributed by atoms with Gasteiger partial charge < -0.3 is 14.5 Å². The minimum Gasteiger partial charge on any atom is -0.462 e. The summed E-state index contributed by atoms with van der Waals surface area (Å²) in [6, 6.07) is 6.02. The summed E-state index contributed by atoms with van der Waals surface area (Å²) in [5.74, 6) is 0.373. The molecule has 4 rings (SSSR count). The van der Waals surface area contributed by atoms with E-state index in [-0.39, 0.29) is 5.97 Å². The van der Waals surface area contributed by atoms with Gasteiger partial charge in [0, 0.05) is 11.9 Å². The number of aromatic nitrogens is 4. The van der Waals surface area contributed by atoms with Gasteiger partial charge in [0.15, 0.2) is 0 Å². The summed E-state index contributed by atoms with van der Waals surface area (Å²) in [5.41, 5.74) is 3.79. The number of hydrogen-bond acceptors (Lipinski definition) is 7. The van der Waals surface area contributed by atoms with Gasteiger partial charge in [-0.3, -0.25) is 0 Å². The van der Waals surface area contributed by atoms with Gasteiger partial charge in [0.25, 0.3) is 0 Å². The van der Waals surface area contributed by atoms with Crippen LogP contribution in [0, 0.1) is 13.8 Å². The highest BCUT2D eigenvalue weighted by Gasteiger charge is 2.20. The predicted molar refractivity (Wildman–Crippen MR) is 105 cm³/mol. The number of fused-ring (bicyclic) bond motifs is 2. The van der Waals surface area contributed by atoms with Gasteiger partial charge >= 0.3 is 5.97 Å². The number of thiophene rings is 1. The molecule has 0 unspecified atom stereocenters. The third kappa shape index (κ3) is 3.12. The minimum absolute atomic E-state index is 0.320. The molecular formula is C19H19N5O2S. The van der Waals surface area contributed by atoms with E-state index in [2.05, 4.69) is 24.7 Å². The number of carbonyl (C=O) groups is 1. The van der Waals surface area contributed by atoms with Gasteiger partial charge in [-0.2, -0.15) is 0 Å². The van der Waals surface area contributed by atoms with Gasteiger partial charge in [0.1, 0.15) is 27.5 Å². The Balaban J connectivity index is 1.65. The molecule has 0 fully saturated rings. The normalized spacial score (nSPS) is 11.2. The Morgan fingerprint density at radius 2 is 2.15 bits per heavy atom. The number of hydrogen-bond donors (Lipinski definition) is 1. The van der Waals surface area contributed by atoms with E-state index in [9.17, 15) is 4.79 Å². The monoisotopic (exact) mass is 381 g/mol. The van der Waals surface area contributed by atoms with E-state index in [1.54, 1.807) is 6.92 Å². The van der Waals surface area contributed by atoms with Crippen molar-refractivity contribution in [2.75, 3.05) is 11.9 Å². The fourth-order valence-electron chi connectivity index (χ4n) is 3.06. The smallest absolute Gasteiger partial charge is 0.348 e. The number of nitrogens with zero attached hydrogens (tertiary/aromatic N) is 4. The number of rotatable bonds is 5. The molecule has 0 radical (unpaired) electrons. The van der Waals surface area contributed by atoms with Crippen LogP contribution in [0.3, 0.4) is 0 Å². The fourth-order valence-corrected chi connectivity index (χ4v) is 4.10. The van der Waals surface area contributed by atoms with E-state index in [1.807, 2.05) is 38.2 Å². The van der Waals surface area contributed by atoms with Crippen LogP contribution in [-0.2, 0) is 11.3 Å². The van der Waals surface area contributed by atoms with Gasteiger partial charge in [-0.1, -0.05) is 6.07 Å². The number of ether oxygens (including phenoxy) is 1. The highest BCUT2D eigenvalue weighted by Crippen LogP contribution is 2.33. The lowest BCUT2D eigenvalue weighted by atomic mass is 10.2. The van der Waals surface area contributed by atoms with Crippen LogP contribution in [0.2, 0.25) is 0 Å². The van der Waals surface area contributed by atoms with Crippen LogP contribution in [0.5, 0.6) is 0 Å². The summed E-state index contributed by atoms with van der Waals surface area (Å²) in [5, 5.41) is 4.19. The third-order valence-electron chi connectivity index (χ3n) is 4.37. The summed E-state index contributed by atoms with van der Waals surface area (Å²) in [4.78, 5) is 26.8. The highest BCUT2D eigenvalue weighted by molar-refractivity contribution is 7.20. The van der Waals surface area contributed by atoms with Crippen molar-refractivity contribution in [3.63, 3.8) is 0 Å². The molecule has 0 spiro atoms. The Morgan fingerprint density at radius 1 is 1.30 bits per heavy atom. The van der Waals surface area contributed by atoms with Crippen molar-refractivity contribution >= 4 is 39.0 Å². The van der Waals surface area contributed by atoms with Gasteiger partial charge in [0.2, 0.25) is 0 Å². The Hall–Kier alpha value is -3.00. The molecule has 7 nitrogen and oxygen atoms in total. The van der Waals surface area contributed by atoms with Crippen molar-refractivity contribution in [2.45, 2.75) is 27.3 Å². The first-order valence-electron chi connectivity index (χ1n) is 8.67. The lowest BCUT2D eigenvalue weighted by Gasteiger charge is -2.05. The summed E-state index contributed by atoms with van der Waals surface area (Å²) in [7, 11) is 0. The summed E-state index contributed by atoms with van der Waals surface area (Å²) in [6.45, 7) is 6.61. The Morgan fingerprint density at radius 3 is 2.93 bits per heavy atom. The maximum atomic E-state index is 12.2. The zero-order valence-corrected chi connectivity index (χ0v) is 16.1. The number of carbonyl (C=O) groups excluding carboxylic acids is 1. The molecule has 0 atom stereocenters. The maximum absolute atomic E-state index is 12.2. The molecule has 0 aliphatic rings. The molecular weight excluding hydrogens is 362 g/mol. The van der Waals surface area contributed by atoms with Crippen molar-refractivity contribution in [1.29, 1.82) is 0 Å². The van der Waals surface area contributed by atoms with Gasteiger partial charge in [-0.05, 0) is 38.5 Å². The van der Waals surface area contributed by atoms with Crippen molar-refractivity contribution < 1.29 is 9.53 Å². The van der Waals surface area contributed by atoms with E-state index in [1.165, 1.54) is 17.7 Å². The molecule has 4 aromatic rings. The lowest BCUT2D eigenvalue weighted by molar-refractivity contribution is 0.0531. The Labute approximate surface area is 160 Å². The van der Waals surface area contributed by atoms with Crippen molar-refractivity contribution in [3.8, 4) is 0 Å². The van der Waals surface area contributed by atoms with E-state index < -0.39 is 0 Å². The second-order valence-electron chi connectivity index (χ2n) is 6.16. The fraction of sp³-hybridized carbons (Fsp3) is 0.263. The molecule has 1 N–H and O–H groups in total. The lowest BCUT2D eigenvalue weighted by Crippen LogP contribution is -2.04. The third-order valence-corrected chi connectivity index (χ3v) is 5.55. The second-order valence-corrected chi connectivity index (χ2v) is 7.16. The summed E-state index contributed by atoms with van der Waals surface area (Å²) < 4.78 is 7.20. The van der Waals surface area contributed by atoms with Gasteiger partial charge in [-0.15, -0.1) is 11.3 Å². The number of imidazole rings is 1. The molecule has 0 aliphatic carbocycles. The standard InChI is InChI=1S/C19H19N5O2S/c1-4-26-19(25)16-12(3)15-17(21-10-22-18(15)27-16)20-8-13-9-24-11(2)6-5-7-14(24)23-13/h5-7,9-10H,4,8H2,1-3H3,(H,20,21,22). The van der Waals surface area contributed by atoms with E-state index in [4.69, 9.17) is 4.74 Å². The maximum Gasteiger partial charge on any atom is 0.348 e. The summed E-state index contributed by atoms with van der Waals surface area (Å²) in [6.07, 6.45) is 3.52. The molecule has 0 saturated heterocycles. The molecule has 0 aromatic carbocycles. The number of anilines is 1. The van der Waals surface area contributed by atoms with Gasteiger partial charge in [-0.25, -0.2) is 19.7 Å². The predicted octanol–water partition coefficient (Wildman–Crippen LogP) is 3.74. The molecule has 0 amide bonds. The number of pyridine rings is 1. The Bertz CT molecular complexity index is 1150. The number of esters is 1. The number of nitrogens with one attached hydrogen (secondary N) is 1. The first kappa shape index (κ1) is 17.4. The molecule has 0 bridgehead atoms. The molecule has 138 valence electrons. The van der Waals surface area contributed by atoms with Crippen molar-refractivity contribution in [1.82, 2.24) is 19.4 Å². The van der Waals surface area contributed by atoms with Crippen LogP contribution in [-0.4, -0.2) is 31.9 Å². The first-order chi connectivity index (χ1) is 13.1. The highest BCUT2D eigenvalue weighted by atomic mass is 32.1. The molecule has 0 aliphatic heterocycles. The zero-order valence-electron chi connectivity index (χ0n) is 15.3. The number of aryl methyl sites for hydroxylation is 2. The SMILES string of the molecule is CCOC(=O)c1sc2ncnc(NCc3cn4c(C)cccc4n3)c2c1C. The van der Waals surface area contributed by atoms with Crippen LogP contribution in [0.25, 0.3) is 15.9 Å². The van der Waals surface area contributed by atoms with Crippen LogP contribution in [0.1, 0.15) is 33.5 Å². The topological polar surface area (TPSA) is 81.4 Å². The van der Waals surface area contributed by atoms with E-state index >= 15 is 0 Å². The van der Waals surface area contributed by atoms with Crippen LogP contribution >= 0.6 is 11.3 Å². The van der Waals surface area contributed by atoms with Crippen LogP contribution < -0.4 is 5.32 Å². The average Bonchev–Trinajstić information content (AvgIpc) is 3.23. The largest absolute Gasteiger partial charge is 0.462 e. The van der Waals surface area contributed by atoms with Crippen molar-refractivity contribution in [2.24, 2.45) is 0 Å². The molecule has 0 saturated carbocycles. The van der Waals surface area contributed by atoms with Crippen LogP contribution in [0.4, 0.5) is 5.82 Å². The second kappa shape index (κ2) is 6.96. The zero-order chi connectivity index (χ0) is 19.0. The first-order valence-corrected chi connectivity index (χ1v) is 9.48. The molecule has 27 heavy (non-hydrogen) atoms. The van der Waals surface area contributed by atoms with Gasteiger partial charge in [0.05, 0.1) is 24.2 Å². The van der Waals surface area contributed by atoms with Crippen LogP contribution in [0.15, 0.2) is 30.7 Å². The molecule has 4 heterocycles. The summed E-state index contributed by atoms with van der Waals surface area (Å²) >= 11 is 1.33. The molecule has 8 heteroatoms. The van der Waals surface area contributed by atoms with E-state index in [0.717, 1.165) is 32.8 Å². The quantitative estimate of drug-likeness (QED) is 0.530. The average molecular weight is 381 g/mol. The Kier molecular flexibility index (Phi) is 4.49. The van der Waals surface area contributed by atoms with E-state index in [0.29, 0.717) is 23.8 Å².